The van der Waals surface area contributed by atoms with Crippen molar-refractivity contribution >= 4 is 69.0 Å². The predicted octanol–water partition coefficient (Wildman–Crippen LogP) is 8.35. The Kier molecular flexibility index (Phi) is 7.38. The van der Waals surface area contributed by atoms with E-state index in [1.807, 2.05) is 0 Å². The molecule has 0 radical (unpaired) electrons. The summed E-state index contributed by atoms with van der Waals surface area (Å²) in [7, 11) is -2.74. The highest BCUT2D eigenvalue weighted by Crippen LogP contribution is 2.43. The Morgan fingerprint density at radius 2 is 1.13 bits per heavy atom. The van der Waals surface area contributed by atoms with Gasteiger partial charge in [-0.3, -0.25) is 0 Å². The molecule has 0 aliphatic carbocycles. The van der Waals surface area contributed by atoms with Gasteiger partial charge in [-0.25, -0.2) is 0 Å². The lowest BCUT2D eigenvalue weighted by atomic mass is 9.34. The third-order valence-electron chi connectivity index (χ3n) is 12.3. The quantitative estimate of drug-likeness (QED) is 0.170. The Morgan fingerprint density at radius 3 is 1.78 bits per heavy atom. The van der Waals surface area contributed by atoms with E-state index < -0.39 is 8.07 Å². The number of ether oxygens (including phenoxy) is 1. The average molecular weight is 728 g/mol. The number of benzene rings is 7. The Labute approximate surface area is 327 Å². The summed E-state index contributed by atoms with van der Waals surface area (Å²) in [5.41, 5.74) is 14.0. The zero-order valence-corrected chi connectivity index (χ0v) is 33.9. The van der Waals surface area contributed by atoms with Crippen molar-refractivity contribution in [3.8, 4) is 22.6 Å². The van der Waals surface area contributed by atoms with Gasteiger partial charge in [0.1, 0.15) is 11.5 Å². The zero-order valence-electron chi connectivity index (χ0n) is 32.9. The van der Waals surface area contributed by atoms with Gasteiger partial charge < -0.3 is 9.64 Å². The predicted molar refractivity (Wildman–Crippen MR) is 237 cm³/mol. The maximum atomic E-state index is 6.91. The van der Waals surface area contributed by atoms with Gasteiger partial charge in [0.15, 0.2) is 8.07 Å². The van der Waals surface area contributed by atoms with Crippen LogP contribution in [-0.4, -0.2) is 14.8 Å². The Bertz CT molecular complexity index is 2610. The lowest BCUT2D eigenvalue weighted by Gasteiger charge is -2.41. The summed E-state index contributed by atoms with van der Waals surface area (Å²) in [5, 5.41) is 5.73. The summed E-state index contributed by atoms with van der Waals surface area (Å²) in [6.07, 6.45) is 0. The van der Waals surface area contributed by atoms with Gasteiger partial charge in [-0.05, 0) is 119 Å². The van der Waals surface area contributed by atoms with Crippen LogP contribution in [0.2, 0.25) is 0 Å². The van der Waals surface area contributed by atoms with E-state index in [0.717, 1.165) is 17.2 Å². The molecule has 0 unspecified atom stereocenters. The Balaban J connectivity index is 1.34. The van der Waals surface area contributed by atoms with Crippen LogP contribution in [0.15, 0.2) is 152 Å². The van der Waals surface area contributed by atoms with Crippen LogP contribution in [0.25, 0.3) is 11.1 Å². The van der Waals surface area contributed by atoms with Gasteiger partial charge in [-0.2, -0.15) is 0 Å². The number of hydrogen-bond donors (Lipinski definition) is 0. The fraction of sp³-hybridized carbons (Fsp3) is 0.176. The van der Waals surface area contributed by atoms with Crippen molar-refractivity contribution in [2.75, 3.05) is 4.90 Å². The summed E-state index contributed by atoms with van der Waals surface area (Å²) in [5.74, 6) is 1.91. The molecule has 0 saturated carbocycles. The van der Waals surface area contributed by atoms with Crippen molar-refractivity contribution in [1.29, 1.82) is 0 Å². The van der Waals surface area contributed by atoms with E-state index in [2.05, 4.69) is 205 Å². The van der Waals surface area contributed by atoms with E-state index >= 15 is 0 Å². The number of aryl methyl sites for hydroxylation is 1. The Hall–Kier alpha value is -5.58. The molecule has 268 valence electrons. The lowest BCUT2D eigenvalue weighted by Crippen LogP contribution is -2.73. The van der Waals surface area contributed by atoms with E-state index in [4.69, 9.17) is 4.74 Å². The molecule has 7 aromatic carbocycles. The molecule has 3 heterocycles. The molecule has 2 nitrogen and oxygen atoms in total. The van der Waals surface area contributed by atoms with Crippen molar-refractivity contribution in [3.05, 3.63) is 168 Å². The van der Waals surface area contributed by atoms with Crippen molar-refractivity contribution < 1.29 is 4.74 Å². The smallest absolute Gasteiger partial charge is 0.256 e. The van der Waals surface area contributed by atoms with Crippen LogP contribution in [0, 0.1) is 6.92 Å². The second-order valence-electron chi connectivity index (χ2n) is 17.9. The molecular weight excluding hydrogens is 681 g/mol. The molecule has 0 N–H and O–H groups in total. The van der Waals surface area contributed by atoms with Gasteiger partial charge in [-0.1, -0.05) is 157 Å². The summed E-state index contributed by atoms with van der Waals surface area (Å²) in [6.45, 7) is 16.0. The fourth-order valence-electron chi connectivity index (χ4n) is 9.67. The largest absolute Gasteiger partial charge is 0.458 e. The molecule has 10 rings (SSSR count). The SMILES string of the molecule is Cc1cc2c3c(c1)N(c1ccc(C(C)(C)C)cc1)c1cc4c(cc1B3c1cc(C(C)(C)C)ccc1O2)-c1ccccc1[Si]4(c1ccccc1)c1ccccc1. The first-order valence-electron chi connectivity index (χ1n) is 19.7. The van der Waals surface area contributed by atoms with Crippen LogP contribution in [0.1, 0.15) is 58.2 Å². The minimum absolute atomic E-state index is 0.00279. The monoisotopic (exact) mass is 727 g/mol. The molecular formula is C51H46BNOSi. The van der Waals surface area contributed by atoms with Crippen LogP contribution >= 0.6 is 0 Å². The average Bonchev–Trinajstić information content (AvgIpc) is 3.47. The molecule has 0 saturated heterocycles. The number of rotatable bonds is 3. The molecule has 0 atom stereocenters. The van der Waals surface area contributed by atoms with Gasteiger partial charge in [0.05, 0.1) is 0 Å². The summed E-state index contributed by atoms with van der Waals surface area (Å²) < 4.78 is 6.91. The highest BCUT2D eigenvalue weighted by atomic mass is 28.3. The molecule has 0 fully saturated rings. The van der Waals surface area contributed by atoms with E-state index in [1.54, 1.807) is 0 Å². The first kappa shape index (κ1) is 34.0. The topological polar surface area (TPSA) is 12.5 Å². The lowest BCUT2D eigenvalue weighted by molar-refractivity contribution is 0.486. The molecule has 0 aromatic heterocycles. The molecule has 3 aliphatic rings. The van der Waals surface area contributed by atoms with E-state index in [9.17, 15) is 0 Å². The number of hydrogen-bond acceptors (Lipinski definition) is 2. The molecule has 55 heavy (non-hydrogen) atoms. The molecule has 4 heteroatoms. The highest BCUT2D eigenvalue weighted by molar-refractivity contribution is 7.22. The second-order valence-corrected chi connectivity index (χ2v) is 21.6. The Morgan fingerprint density at radius 1 is 0.509 bits per heavy atom. The van der Waals surface area contributed by atoms with Crippen molar-refractivity contribution in [2.24, 2.45) is 0 Å². The second kappa shape index (κ2) is 12.0. The number of nitrogens with zero attached hydrogens (tertiary/aromatic N) is 1. The van der Waals surface area contributed by atoms with Crippen molar-refractivity contribution in [2.45, 2.75) is 59.3 Å². The van der Waals surface area contributed by atoms with Crippen molar-refractivity contribution in [1.82, 2.24) is 0 Å². The van der Waals surface area contributed by atoms with Gasteiger partial charge in [0.2, 0.25) is 0 Å². The van der Waals surface area contributed by atoms with Crippen molar-refractivity contribution in [3.63, 3.8) is 0 Å². The van der Waals surface area contributed by atoms with Crippen LogP contribution in [-0.2, 0) is 10.8 Å². The third kappa shape index (κ3) is 5.00. The fourth-order valence-corrected chi connectivity index (χ4v) is 14.9. The van der Waals surface area contributed by atoms with Gasteiger partial charge in [0.25, 0.3) is 6.71 Å². The standard InChI is InChI=1S/C51H46BNOSi/c1-33-28-44-49-46(29-33)54-45-27-24-35(51(5,6)7)30-42(45)52(49)41-31-40-39-20-14-15-21-47(39)55(37-16-10-8-11-17-37,38-18-12-9-13-19-38)48(40)32-43(41)53(44)36-25-22-34(23-26-36)50(2,3)4/h8-32H,1-7H3. The summed E-state index contributed by atoms with van der Waals surface area (Å²) >= 11 is 0. The minimum Gasteiger partial charge on any atom is -0.458 e. The zero-order chi connectivity index (χ0) is 37.9. The molecule has 0 amide bonds. The third-order valence-corrected chi connectivity index (χ3v) is 17.2. The van der Waals surface area contributed by atoms with E-state index in [1.165, 1.54) is 76.3 Å². The number of anilines is 3. The highest BCUT2D eigenvalue weighted by Gasteiger charge is 2.51. The molecule has 0 bridgehead atoms. The summed E-state index contributed by atoms with van der Waals surface area (Å²) in [6, 6.07) is 58.0. The summed E-state index contributed by atoms with van der Waals surface area (Å²) in [4.78, 5) is 2.55. The van der Waals surface area contributed by atoms with Gasteiger partial charge >= 0.3 is 0 Å². The first-order valence-corrected chi connectivity index (χ1v) is 21.7. The van der Waals surface area contributed by atoms with Crippen LogP contribution in [0.3, 0.4) is 0 Å². The number of fused-ring (bicyclic) bond motifs is 7. The molecule has 7 aromatic rings. The van der Waals surface area contributed by atoms with E-state index in [0.29, 0.717) is 0 Å². The van der Waals surface area contributed by atoms with Crippen LogP contribution in [0.4, 0.5) is 17.1 Å². The maximum absolute atomic E-state index is 6.91. The molecule has 3 aliphatic heterocycles. The first-order chi connectivity index (χ1) is 26.4. The van der Waals surface area contributed by atoms with Gasteiger partial charge in [-0.15, -0.1) is 0 Å². The van der Waals surface area contributed by atoms with Gasteiger partial charge in [0, 0.05) is 17.1 Å². The van der Waals surface area contributed by atoms with Crippen LogP contribution < -0.4 is 46.8 Å². The van der Waals surface area contributed by atoms with Crippen LogP contribution in [0.5, 0.6) is 11.5 Å². The minimum atomic E-state index is -2.74. The maximum Gasteiger partial charge on any atom is 0.256 e. The molecule has 0 spiro atoms. The van der Waals surface area contributed by atoms with E-state index in [-0.39, 0.29) is 17.5 Å². The normalized spacial score (nSPS) is 14.7.